The standard InChI is InChI=1S/C24H33NO10/c1-15-21(33-17(3)27)22(34-18(4)28)20(14-31-16(2)26)35-23(15)30-12-11-25(5)24(29)32-13-19-9-7-6-8-10-19/h6-10,15,20-23H,11-14H2,1-5H3/t15-,20-,21-,22-,23?/m1/s1. The molecule has 1 aromatic carbocycles. The average molecular weight is 496 g/mol. The summed E-state index contributed by atoms with van der Waals surface area (Å²) < 4.78 is 32.9. The molecule has 1 fully saturated rings. The van der Waals surface area contributed by atoms with Crippen molar-refractivity contribution in [2.24, 2.45) is 5.92 Å². The monoisotopic (exact) mass is 495 g/mol. The summed E-state index contributed by atoms with van der Waals surface area (Å²) >= 11 is 0. The number of carbonyl (C=O) groups is 4. The van der Waals surface area contributed by atoms with Gasteiger partial charge in [0.1, 0.15) is 25.4 Å². The molecule has 2 rings (SSSR count). The van der Waals surface area contributed by atoms with E-state index in [1.807, 2.05) is 30.3 Å². The topological polar surface area (TPSA) is 127 Å². The van der Waals surface area contributed by atoms with Gasteiger partial charge in [-0.25, -0.2) is 4.79 Å². The van der Waals surface area contributed by atoms with Crippen LogP contribution in [0.25, 0.3) is 0 Å². The smallest absolute Gasteiger partial charge is 0.409 e. The molecule has 194 valence electrons. The minimum Gasteiger partial charge on any atom is -0.463 e. The molecule has 0 bridgehead atoms. The number of ether oxygens (including phenoxy) is 6. The first-order valence-electron chi connectivity index (χ1n) is 11.2. The average Bonchev–Trinajstić information content (AvgIpc) is 2.80. The molecule has 11 nitrogen and oxygen atoms in total. The van der Waals surface area contributed by atoms with E-state index in [0.29, 0.717) is 0 Å². The zero-order valence-electron chi connectivity index (χ0n) is 20.6. The Kier molecular flexibility index (Phi) is 10.9. The molecule has 0 radical (unpaired) electrons. The molecule has 1 amide bonds. The van der Waals surface area contributed by atoms with Crippen LogP contribution >= 0.6 is 0 Å². The number of esters is 3. The molecule has 5 atom stereocenters. The summed E-state index contributed by atoms with van der Waals surface area (Å²) in [5.74, 6) is -2.27. The molecule has 1 unspecified atom stereocenters. The lowest BCUT2D eigenvalue weighted by Gasteiger charge is -2.43. The van der Waals surface area contributed by atoms with E-state index in [1.165, 1.54) is 25.7 Å². The second-order valence-corrected chi connectivity index (χ2v) is 8.19. The van der Waals surface area contributed by atoms with Gasteiger partial charge < -0.3 is 33.3 Å². The van der Waals surface area contributed by atoms with Crippen LogP contribution < -0.4 is 0 Å². The van der Waals surface area contributed by atoms with Crippen LogP contribution in [0.3, 0.4) is 0 Å². The zero-order chi connectivity index (χ0) is 26.0. The van der Waals surface area contributed by atoms with Gasteiger partial charge in [0.25, 0.3) is 0 Å². The number of benzene rings is 1. The van der Waals surface area contributed by atoms with Crippen LogP contribution in [-0.4, -0.2) is 80.3 Å². The number of rotatable bonds is 10. The number of amides is 1. The lowest BCUT2D eigenvalue weighted by molar-refractivity contribution is -0.288. The SMILES string of the molecule is CC(=O)OC[C@H]1OC(OCCN(C)C(=O)OCc2ccccc2)[C@H](C)[C@@H](OC(C)=O)[C@@H]1OC(C)=O. The summed E-state index contributed by atoms with van der Waals surface area (Å²) in [5, 5.41) is 0. The molecule has 11 heteroatoms. The lowest BCUT2D eigenvalue weighted by Crippen LogP contribution is -2.58. The Balaban J connectivity index is 1.98. The molecule has 35 heavy (non-hydrogen) atoms. The van der Waals surface area contributed by atoms with E-state index in [-0.39, 0.29) is 26.4 Å². The summed E-state index contributed by atoms with van der Waals surface area (Å²) in [6, 6.07) is 9.30. The van der Waals surface area contributed by atoms with Crippen LogP contribution in [0, 0.1) is 5.92 Å². The summed E-state index contributed by atoms with van der Waals surface area (Å²) in [6.45, 7) is 5.59. The maximum atomic E-state index is 12.2. The highest BCUT2D eigenvalue weighted by Gasteiger charge is 2.48. The first-order chi connectivity index (χ1) is 16.6. The van der Waals surface area contributed by atoms with Crippen LogP contribution in [0.4, 0.5) is 4.79 Å². The van der Waals surface area contributed by atoms with Crippen LogP contribution in [0.5, 0.6) is 0 Å². The summed E-state index contributed by atoms with van der Waals surface area (Å²) in [7, 11) is 1.57. The van der Waals surface area contributed by atoms with Crippen LogP contribution in [0.2, 0.25) is 0 Å². The van der Waals surface area contributed by atoms with Gasteiger partial charge in [0.15, 0.2) is 12.4 Å². The van der Waals surface area contributed by atoms with Crippen LogP contribution in [0.15, 0.2) is 30.3 Å². The van der Waals surface area contributed by atoms with E-state index >= 15 is 0 Å². The third-order valence-electron chi connectivity index (χ3n) is 5.23. The van der Waals surface area contributed by atoms with Crippen molar-refractivity contribution in [2.45, 2.75) is 58.9 Å². The molecular formula is C24H33NO10. The van der Waals surface area contributed by atoms with Crippen LogP contribution in [0.1, 0.15) is 33.3 Å². The largest absolute Gasteiger partial charge is 0.463 e. The quantitative estimate of drug-likeness (QED) is 0.351. The van der Waals surface area contributed by atoms with Crippen molar-refractivity contribution >= 4 is 24.0 Å². The first kappa shape index (κ1) is 28.1. The van der Waals surface area contributed by atoms with E-state index in [2.05, 4.69) is 0 Å². The molecule has 0 saturated carbocycles. The van der Waals surface area contributed by atoms with Gasteiger partial charge in [-0.05, 0) is 5.56 Å². The Morgan fingerprint density at radius 3 is 2.14 bits per heavy atom. The molecule has 1 aliphatic rings. The molecule has 0 aromatic heterocycles. The molecule has 0 N–H and O–H groups in total. The predicted octanol–water partition coefficient (Wildman–Crippen LogP) is 2.06. The van der Waals surface area contributed by atoms with Crippen molar-refractivity contribution in [3.63, 3.8) is 0 Å². The Morgan fingerprint density at radius 2 is 1.54 bits per heavy atom. The number of likely N-dealkylation sites (N-methyl/N-ethyl adjacent to an activating group) is 1. The van der Waals surface area contributed by atoms with Crippen molar-refractivity contribution in [1.29, 1.82) is 0 Å². The van der Waals surface area contributed by atoms with E-state index in [4.69, 9.17) is 28.4 Å². The van der Waals surface area contributed by atoms with Crippen molar-refractivity contribution in [3.8, 4) is 0 Å². The van der Waals surface area contributed by atoms with E-state index in [9.17, 15) is 19.2 Å². The van der Waals surface area contributed by atoms with Gasteiger partial charge in [-0.15, -0.1) is 0 Å². The lowest BCUT2D eigenvalue weighted by atomic mass is 9.92. The summed E-state index contributed by atoms with van der Waals surface area (Å²) in [4.78, 5) is 48.3. The number of hydrogen-bond donors (Lipinski definition) is 0. The van der Waals surface area contributed by atoms with Crippen molar-refractivity contribution in [1.82, 2.24) is 4.90 Å². The number of carbonyl (C=O) groups excluding carboxylic acids is 4. The fourth-order valence-electron chi connectivity index (χ4n) is 3.49. The van der Waals surface area contributed by atoms with Crippen LogP contribution in [-0.2, 0) is 49.4 Å². The van der Waals surface area contributed by atoms with Gasteiger partial charge in [-0.3, -0.25) is 14.4 Å². The first-order valence-corrected chi connectivity index (χ1v) is 11.2. The predicted molar refractivity (Wildman–Crippen MR) is 121 cm³/mol. The fourth-order valence-corrected chi connectivity index (χ4v) is 3.49. The second-order valence-electron chi connectivity index (χ2n) is 8.19. The normalized spacial score (nSPS) is 23.6. The molecule has 0 spiro atoms. The molecular weight excluding hydrogens is 462 g/mol. The molecule has 1 aromatic rings. The fraction of sp³-hybridized carbons (Fsp3) is 0.583. The zero-order valence-corrected chi connectivity index (χ0v) is 20.6. The minimum absolute atomic E-state index is 0.0806. The molecule has 0 aliphatic carbocycles. The Morgan fingerprint density at radius 1 is 0.914 bits per heavy atom. The van der Waals surface area contributed by atoms with Gasteiger partial charge in [0.05, 0.1) is 6.61 Å². The summed E-state index contributed by atoms with van der Waals surface area (Å²) in [5.41, 5.74) is 0.868. The van der Waals surface area contributed by atoms with Gasteiger partial charge >= 0.3 is 24.0 Å². The molecule has 1 saturated heterocycles. The summed E-state index contributed by atoms with van der Waals surface area (Å²) in [6.07, 6.45) is -4.23. The highest BCUT2D eigenvalue weighted by Crippen LogP contribution is 2.31. The second kappa shape index (κ2) is 13.6. The Hall–Kier alpha value is -3.18. The number of hydrogen-bond acceptors (Lipinski definition) is 10. The highest BCUT2D eigenvalue weighted by molar-refractivity contribution is 5.68. The Bertz CT molecular complexity index is 861. The molecule has 1 aliphatic heterocycles. The third-order valence-corrected chi connectivity index (χ3v) is 5.23. The highest BCUT2D eigenvalue weighted by atomic mass is 16.7. The van der Waals surface area contributed by atoms with E-state index in [0.717, 1.165) is 5.56 Å². The third kappa shape index (κ3) is 9.18. The van der Waals surface area contributed by atoms with Crippen molar-refractivity contribution < 1.29 is 47.6 Å². The maximum Gasteiger partial charge on any atom is 0.409 e. The van der Waals surface area contributed by atoms with Gasteiger partial charge in [0.2, 0.25) is 0 Å². The van der Waals surface area contributed by atoms with Gasteiger partial charge in [0, 0.05) is 40.3 Å². The van der Waals surface area contributed by atoms with E-state index < -0.39 is 54.5 Å². The minimum atomic E-state index is -0.999. The Labute approximate surface area is 204 Å². The number of nitrogens with zero attached hydrogens (tertiary/aromatic N) is 1. The van der Waals surface area contributed by atoms with Gasteiger partial charge in [-0.1, -0.05) is 37.3 Å². The van der Waals surface area contributed by atoms with Crippen molar-refractivity contribution in [2.75, 3.05) is 26.8 Å². The molecule has 1 heterocycles. The van der Waals surface area contributed by atoms with Gasteiger partial charge in [-0.2, -0.15) is 0 Å². The van der Waals surface area contributed by atoms with E-state index in [1.54, 1.807) is 14.0 Å². The maximum absolute atomic E-state index is 12.2. The van der Waals surface area contributed by atoms with Crippen molar-refractivity contribution in [3.05, 3.63) is 35.9 Å².